The Morgan fingerprint density at radius 3 is 2.52 bits per heavy atom. The minimum absolute atomic E-state index is 0.321. The average molecular weight is 277 g/mol. The van der Waals surface area contributed by atoms with Crippen LogP contribution in [0.5, 0.6) is 0 Å². The zero-order valence-corrected chi connectivity index (χ0v) is 11.1. The van der Waals surface area contributed by atoms with Crippen molar-refractivity contribution >= 4 is 22.1 Å². The van der Waals surface area contributed by atoms with Crippen molar-refractivity contribution in [3.8, 4) is 0 Å². The summed E-state index contributed by atoms with van der Waals surface area (Å²) in [6.45, 7) is 0. The first-order valence-corrected chi connectivity index (χ1v) is 6.66. The van der Waals surface area contributed by atoms with Crippen LogP contribution in [0.2, 0.25) is 0 Å². The van der Waals surface area contributed by atoms with Crippen molar-refractivity contribution in [1.29, 1.82) is 0 Å². The highest BCUT2D eigenvalue weighted by atomic mass is 16.4. The predicted octanol–water partition coefficient (Wildman–Crippen LogP) is 3.53. The van der Waals surface area contributed by atoms with E-state index in [0.29, 0.717) is 23.5 Å². The topological polar surface area (TPSA) is 56.2 Å². The third-order valence-corrected chi connectivity index (χ3v) is 3.39. The van der Waals surface area contributed by atoms with Crippen LogP contribution in [0.15, 0.2) is 68.2 Å². The van der Waals surface area contributed by atoms with Crippen LogP contribution >= 0.6 is 0 Å². The van der Waals surface area contributed by atoms with Gasteiger partial charge in [0.25, 0.3) is 0 Å². The molecule has 0 spiro atoms. The Hall–Kier alpha value is -2.88. The minimum atomic E-state index is -0.351. The lowest BCUT2D eigenvalue weighted by molar-refractivity contribution is 0.524. The summed E-state index contributed by atoms with van der Waals surface area (Å²) >= 11 is 0. The van der Waals surface area contributed by atoms with Crippen LogP contribution in [0.25, 0.3) is 22.1 Å². The Morgan fingerprint density at radius 2 is 1.67 bits per heavy atom. The third-order valence-electron chi connectivity index (χ3n) is 3.39. The van der Waals surface area contributed by atoms with Gasteiger partial charge in [-0.3, -0.25) is 0 Å². The van der Waals surface area contributed by atoms with Gasteiger partial charge in [0, 0.05) is 10.9 Å². The lowest BCUT2D eigenvalue weighted by atomic mass is 10.1. The minimum Gasteiger partial charge on any atom is -0.440 e. The number of hydrogen-bond acceptors (Lipinski definition) is 4. The monoisotopic (exact) mass is 277 g/mol. The number of fused-ring (bicyclic) bond motifs is 2. The summed E-state index contributed by atoms with van der Waals surface area (Å²) in [7, 11) is 0. The summed E-state index contributed by atoms with van der Waals surface area (Å²) in [5.74, 6) is 0.513. The van der Waals surface area contributed by atoms with Crippen LogP contribution < -0.4 is 5.63 Å². The first kappa shape index (κ1) is 11.9. The highest BCUT2D eigenvalue weighted by Crippen LogP contribution is 2.18. The molecule has 0 amide bonds. The summed E-state index contributed by atoms with van der Waals surface area (Å²) in [5.41, 5.74) is 2.29. The van der Waals surface area contributed by atoms with Crippen LogP contribution in [0, 0.1) is 0 Å². The third kappa shape index (κ3) is 2.10. The molecular formula is C17H11NO3. The van der Waals surface area contributed by atoms with Gasteiger partial charge in [0.2, 0.25) is 0 Å². The predicted molar refractivity (Wildman–Crippen MR) is 79.3 cm³/mol. The van der Waals surface area contributed by atoms with E-state index in [0.717, 1.165) is 16.5 Å². The molecule has 0 unspecified atom stereocenters. The zero-order chi connectivity index (χ0) is 14.2. The Bertz CT molecular complexity index is 964. The molecule has 102 valence electrons. The number of rotatable bonds is 2. The number of hydrogen-bond donors (Lipinski definition) is 0. The van der Waals surface area contributed by atoms with Crippen LogP contribution in [0.1, 0.15) is 11.5 Å². The molecule has 0 saturated heterocycles. The van der Waals surface area contributed by atoms with Gasteiger partial charge >= 0.3 is 5.63 Å². The van der Waals surface area contributed by atoms with E-state index < -0.39 is 0 Å². The van der Waals surface area contributed by atoms with Crippen LogP contribution in [0.4, 0.5) is 0 Å². The summed E-state index contributed by atoms with van der Waals surface area (Å²) < 4.78 is 11.0. The fourth-order valence-electron chi connectivity index (χ4n) is 2.39. The maximum absolute atomic E-state index is 12.0. The smallest absolute Gasteiger partial charge is 0.339 e. The van der Waals surface area contributed by atoms with Gasteiger partial charge in [0.05, 0.1) is 6.42 Å². The van der Waals surface area contributed by atoms with E-state index in [1.54, 1.807) is 6.07 Å². The quantitative estimate of drug-likeness (QED) is 0.526. The average Bonchev–Trinajstić information content (AvgIpc) is 2.90. The Morgan fingerprint density at radius 1 is 0.905 bits per heavy atom. The SMILES string of the molecule is O=c1oc2ccccc2cc1Cc1nc2ccccc2o1. The molecule has 0 aliphatic heterocycles. The van der Waals surface area contributed by atoms with Crippen molar-refractivity contribution in [2.45, 2.75) is 6.42 Å². The molecule has 2 aromatic heterocycles. The Balaban J connectivity index is 1.79. The molecule has 0 aliphatic rings. The number of aromatic nitrogens is 1. The van der Waals surface area contributed by atoms with Crippen LogP contribution in [-0.4, -0.2) is 4.98 Å². The van der Waals surface area contributed by atoms with E-state index in [4.69, 9.17) is 8.83 Å². The van der Waals surface area contributed by atoms with Crippen molar-refractivity contribution in [1.82, 2.24) is 4.98 Å². The molecule has 21 heavy (non-hydrogen) atoms. The van der Waals surface area contributed by atoms with Gasteiger partial charge in [0.1, 0.15) is 11.1 Å². The van der Waals surface area contributed by atoms with Gasteiger partial charge in [-0.25, -0.2) is 9.78 Å². The van der Waals surface area contributed by atoms with Crippen molar-refractivity contribution in [2.24, 2.45) is 0 Å². The van der Waals surface area contributed by atoms with Crippen molar-refractivity contribution in [3.63, 3.8) is 0 Å². The summed E-state index contributed by atoms with van der Waals surface area (Å²) in [6.07, 6.45) is 0.321. The maximum Gasteiger partial charge on any atom is 0.339 e. The standard InChI is InChI=1S/C17H11NO3/c19-17-12(9-11-5-1-3-7-14(11)21-17)10-16-18-13-6-2-4-8-15(13)20-16/h1-9H,10H2. The highest BCUT2D eigenvalue weighted by molar-refractivity contribution is 5.77. The van der Waals surface area contributed by atoms with Gasteiger partial charge in [-0.05, 0) is 24.3 Å². The first-order chi connectivity index (χ1) is 10.3. The number of para-hydroxylation sites is 3. The van der Waals surface area contributed by atoms with Gasteiger partial charge < -0.3 is 8.83 Å². The number of oxazole rings is 1. The summed E-state index contributed by atoms with van der Waals surface area (Å²) in [5, 5.41) is 0.892. The second-order valence-corrected chi connectivity index (χ2v) is 4.85. The summed E-state index contributed by atoms with van der Waals surface area (Å²) in [6, 6.07) is 16.8. The van der Waals surface area contributed by atoms with Gasteiger partial charge in [-0.1, -0.05) is 30.3 Å². The molecule has 2 aromatic carbocycles. The number of benzene rings is 2. The van der Waals surface area contributed by atoms with E-state index >= 15 is 0 Å². The lowest BCUT2D eigenvalue weighted by Gasteiger charge is -1.99. The highest BCUT2D eigenvalue weighted by Gasteiger charge is 2.10. The van der Waals surface area contributed by atoms with Crippen molar-refractivity contribution < 1.29 is 8.83 Å². The molecule has 0 radical (unpaired) electrons. The normalized spacial score (nSPS) is 11.2. The van der Waals surface area contributed by atoms with Crippen molar-refractivity contribution in [3.05, 3.63) is 76.5 Å². The molecule has 0 fully saturated rings. The zero-order valence-electron chi connectivity index (χ0n) is 11.1. The van der Waals surface area contributed by atoms with Gasteiger partial charge in [-0.15, -0.1) is 0 Å². The fraction of sp³-hybridized carbons (Fsp3) is 0.0588. The van der Waals surface area contributed by atoms with Crippen LogP contribution in [-0.2, 0) is 6.42 Å². The molecule has 4 nitrogen and oxygen atoms in total. The second kappa shape index (κ2) is 4.59. The Labute approximate surface area is 119 Å². The molecule has 0 saturated carbocycles. The maximum atomic E-state index is 12.0. The molecule has 0 atom stereocenters. The molecule has 0 N–H and O–H groups in total. The molecular weight excluding hydrogens is 266 g/mol. The molecule has 0 aliphatic carbocycles. The van der Waals surface area contributed by atoms with Crippen molar-refractivity contribution in [2.75, 3.05) is 0 Å². The molecule has 4 rings (SSSR count). The van der Waals surface area contributed by atoms with E-state index in [1.807, 2.05) is 48.5 Å². The van der Waals surface area contributed by atoms with E-state index in [9.17, 15) is 4.79 Å². The Kier molecular flexibility index (Phi) is 2.60. The molecule has 4 heteroatoms. The molecule has 2 heterocycles. The van der Waals surface area contributed by atoms with Gasteiger partial charge in [0.15, 0.2) is 11.5 Å². The fourth-order valence-corrected chi connectivity index (χ4v) is 2.39. The largest absolute Gasteiger partial charge is 0.440 e. The van der Waals surface area contributed by atoms with E-state index in [1.165, 1.54) is 0 Å². The van der Waals surface area contributed by atoms with Gasteiger partial charge in [-0.2, -0.15) is 0 Å². The lowest BCUT2D eigenvalue weighted by Crippen LogP contribution is -2.07. The second-order valence-electron chi connectivity index (χ2n) is 4.85. The van der Waals surface area contributed by atoms with Crippen LogP contribution in [0.3, 0.4) is 0 Å². The van der Waals surface area contributed by atoms with E-state index in [-0.39, 0.29) is 5.63 Å². The summed E-state index contributed by atoms with van der Waals surface area (Å²) in [4.78, 5) is 16.4. The first-order valence-electron chi connectivity index (χ1n) is 6.66. The molecule has 0 bridgehead atoms. The molecule has 4 aromatic rings. The number of nitrogens with zero attached hydrogens (tertiary/aromatic N) is 1. The van der Waals surface area contributed by atoms with E-state index in [2.05, 4.69) is 4.98 Å².